The highest BCUT2D eigenvalue weighted by molar-refractivity contribution is 5.14. The number of hydrogen-bond acceptors (Lipinski definition) is 16. The van der Waals surface area contributed by atoms with Crippen LogP contribution in [0.1, 0.15) is 0 Å². The van der Waals surface area contributed by atoms with Crippen LogP contribution in [0.5, 0.6) is 0 Å². The van der Waals surface area contributed by atoms with E-state index in [1.165, 1.54) is 0 Å². The first-order chi connectivity index (χ1) is 16.0. The minimum absolute atomic E-state index is 0.750. The van der Waals surface area contributed by atoms with E-state index in [4.69, 9.17) is 23.7 Å². The molecule has 1 spiro atoms. The van der Waals surface area contributed by atoms with Crippen LogP contribution >= 0.6 is 0 Å². The molecule has 16 heteroatoms. The first-order valence-electron chi connectivity index (χ1n) is 10.6. The highest BCUT2D eigenvalue weighted by atomic mass is 16.8. The number of hydrogen-bond donors (Lipinski definition) is 11. The molecule has 0 saturated carbocycles. The normalized spacial score (nSPS) is 58.1. The molecule has 4 fully saturated rings. The summed E-state index contributed by atoms with van der Waals surface area (Å²) in [5, 5.41) is 110. The Bertz CT molecular complexity index is 709. The lowest BCUT2D eigenvalue weighted by molar-refractivity contribution is -0.355. The number of epoxide rings is 1. The van der Waals surface area contributed by atoms with Gasteiger partial charge < -0.3 is 79.9 Å². The van der Waals surface area contributed by atoms with Crippen LogP contribution in [0.3, 0.4) is 0 Å². The lowest BCUT2D eigenvalue weighted by atomic mass is 9.88. The van der Waals surface area contributed by atoms with E-state index in [-0.39, 0.29) is 0 Å². The third kappa shape index (κ3) is 4.16. The Balaban J connectivity index is 1.52. The summed E-state index contributed by atoms with van der Waals surface area (Å²) in [6.07, 6.45) is -25.5. The van der Waals surface area contributed by atoms with Crippen LogP contribution in [0, 0.1) is 0 Å². The molecular weight excluding hydrogens is 472 g/mol. The zero-order valence-corrected chi connectivity index (χ0v) is 17.5. The second kappa shape index (κ2) is 9.67. The largest absolute Gasteiger partial charge is 0.394 e. The lowest BCUT2D eigenvalue weighted by Gasteiger charge is -2.45. The van der Waals surface area contributed by atoms with E-state index in [2.05, 4.69) is 0 Å². The third-order valence-corrected chi connectivity index (χ3v) is 6.67. The Morgan fingerprint density at radius 1 is 0.618 bits per heavy atom. The zero-order chi connectivity index (χ0) is 25.1. The minimum Gasteiger partial charge on any atom is -0.394 e. The number of aliphatic hydroxyl groups is 11. The molecule has 4 aliphatic rings. The Morgan fingerprint density at radius 3 is 1.88 bits per heavy atom. The van der Waals surface area contributed by atoms with Crippen molar-refractivity contribution in [3.63, 3.8) is 0 Å². The monoisotopic (exact) mass is 502 g/mol. The van der Waals surface area contributed by atoms with Crippen LogP contribution in [-0.4, -0.2) is 167 Å². The van der Waals surface area contributed by atoms with E-state index in [9.17, 15) is 56.2 Å². The zero-order valence-electron chi connectivity index (χ0n) is 17.5. The molecule has 198 valence electrons. The topological polar surface area (TPSA) is 272 Å². The molecule has 0 aliphatic carbocycles. The van der Waals surface area contributed by atoms with Crippen molar-refractivity contribution in [2.24, 2.45) is 0 Å². The number of aliphatic hydroxyl groups excluding tert-OH is 11. The van der Waals surface area contributed by atoms with Gasteiger partial charge in [0.25, 0.3) is 0 Å². The van der Waals surface area contributed by atoms with Gasteiger partial charge in [0, 0.05) is 0 Å². The van der Waals surface area contributed by atoms with Gasteiger partial charge in [-0.3, -0.25) is 0 Å². The van der Waals surface area contributed by atoms with Gasteiger partial charge in [0.15, 0.2) is 12.6 Å². The Kier molecular flexibility index (Phi) is 7.52. The van der Waals surface area contributed by atoms with Crippen LogP contribution in [0.2, 0.25) is 0 Å². The molecule has 34 heavy (non-hydrogen) atoms. The van der Waals surface area contributed by atoms with E-state index < -0.39 is 111 Å². The quantitative estimate of drug-likeness (QED) is 0.156. The SMILES string of the molecule is OC[C@H]1O[C@@]2(O[C@@H]2[C@H]2O[C@@H](O[C@H]3[C@H](O)[C@@H](O)[C@@H](O)O[C@@H]3CO)[C@H](O)[C@@H](O)[C@H]2O)[C@H](O)[C@@H](O)[C@H]1O. The number of rotatable bonds is 5. The van der Waals surface area contributed by atoms with Gasteiger partial charge in [0.1, 0.15) is 79.4 Å². The van der Waals surface area contributed by atoms with Gasteiger partial charge in [-0.25, -0.2) is 0 Å². The summed E-state index contributed by atoms with van der Waals surface area (Å²) in [5.74, 6) is -2.04. The maximum Gasteiger partial charge on any atom is 0.228 e. The minimum atomic E-state index is -2.04. The Hall–Kier alpha value is -0.640. The maximum atomic E-state index is 10.5. The molecule has 4 heterocycles. The van der Waals surface area contributed by atoms with E-state index in [1.54, 1.807) is 0 Å². The van der Waals surface area contributed by atoms with Gasteiger partial charge in [-0.2, -0.15) is 0 Å². The second-order valence-corrected chi connectivity index (χ2v) is 8.80. The van der Waals surface area contributed by atoms with Crippen molar-refractivity contribution in [3.8, 4) is 0 Å². The van der Waals surface area contributed by atoms with Crippen molar-refractivity contribution in [2.75, 3.05) is 13.2 Å². The predicted octanol–water partition coefficient (Wildman–Crippen LogP) is -7.82. The average molecular weight is 502 g/mol. The van der Waals surface area contributed by atoms with Crippen LogP contribution in [0.15, 0.2) is 0 Å². The molecule has 16 nitrogen and oxygen atoms in total. The summed E-state index contributed by atoms with van der Waals surface area (Å²) in [5.41, 5.74) is 0. The molecule has 0 bridgehead atoms. The highest BCUT2D eigenvalue weighted by Gasteiger charge is 2.74. The van der Waals surface area contributed by atoms with Crippen molar-refractivity contribution in [1.82, 2.24) is 0 Å². The van der Waals surface area contributed by atoms with Crippen molar-refractivity contribution in [1.29, 1.82) is 0 Å². The van der Waals surface area contributed by atoms with Crippen LogP contribution < -0.4 is 0 Å². The first-order valence-corrected chi connectivity index (χ1v) is 10.6. The van der Waals surface area contributed by atoms with Gasteiger partial charge in [0.05, 0.1) is 13.2 Å². The Morgan fingerprint density at radius 2 is 1.26 bits per heavy atom. The summed E-state index contributed by atoms with van der Waals surface area (Å²) in [7, 11) is 0. The smallest absolute Gasteiger partial charge is 0.228 e. The fraction of sp³-hybridized carbons (Fsp3) is 1.00. The molecule has 0 amide bonds. The molecule has 0 aromatic carbocycles. The van der Waals surface area contributed by atoms with Crippen LogP contribution in [0.25, 0.3) is 0 Å². The van der Waals surface area contributed by atoms with Gasteiger partial charge >= 0.3 is 0 Å². The molecule has 0 radical (unpaired) electrons. The number of ether oxygens (including phenoxy) is 5. The van der Waals surface area contributed by atoms with E-state index >= 15 is 0 Å². The highest BCUT2D eigenvalue weighted by Crippen LogP contribution is 2.51. The molecule has 16 atom stereocenters. The fourth-order valence-corrected chi connectivity index (χ4v) is 4.59. The second-order valence-electron chi connectivity index (χ2n) is 8.80. The van der Waals surface area contributed by atoms with Gasteiger partial charge in [0.2, 0.25) is 5.79 Å². The molecule has 11 N–H and O–H groups in total. The van der Waals surface area contributed by atoms with Crippen LogP contribution in [-0.2, 0) is 23.7 Å². The average Bonchev–Trinajstić information content (AvgIpc) is 3.54. The maximum absolute atomic E-state index is 10.5. The summed E-state index contributed by atoms with van der Waals surface area (Å²) >= 11 is 0. The standard InChI is InChI=1S/C18H30O16/c19-1-3-5(21)9(25)14(28)18(33-3)15(34-18)13-7(23)6(22)11(27)17(32-13)31-12-4(2-20)30-16(29)10(26)8(12)24/h3-17,19-29H,1-2H2/t3-,4-,5+,6+,7-,8-,9+,10-,11-,12-,13+,14-,15-,16+,17-,18-/m1/s1. The first kappa shape index (κ1) is 26.4. The van der Waals surface area contributed by atoms with Crippen molar-refractivity contribution in [3.05, 3.63) is 0 Å². The predicted molar refractivity (Wildman–Crippen MR) is 99.1 cm³/mol. The van der Waals surface area contributed by atoms with Gasteiger partial charge in [-0.05, 0) is 0 Å². The molecule has 4 saturated heterocycles. The molecule has 0 aromatic rings. The van der Waals surface area contributed by atoms with Gasteiger partial charge in [-0.15, -0.1) is 0 Å². The van der Waals surface area contributed by atoms with Gasteiger partial charge in [-0.1, -0.05) is 0 Å². The Labute approximate surface area is 191 Å². The molecular formula is C18H30O16. The van der Waals surface area contributed by atoms with E-state index in [1.807, 2.05) is 0 Å². The third-order valence-electron chi connectivity index (χ3n) is 6.67. The van der Waals surface area contributed by atoms with Crippen LogP contribution in [0.4, 0.5) is 0 Å². The molecule has 0 unspecified atom stereocenters. The summed E-state index contributed by atoms with van der Waals surface area (Å²) in [4.78, 5) is 0. The van der Waals surface area contributed by atoms with Crippen molar-refractivity contribution < 1.29 is 79.9 Å². The van der Waals surface area contributed by atoms with E-state index in [0.717, 1.165) is 0 Å². The molecule has 4 rings (SSSR count). The summed E-state index contributed by atoms with van der Waals surface area (Å²) in [6, 6.07) is 0. The fourth-order valence-electron chi connectivity index (χ4n) is 4.59. The molecule has 0 aromatic heterocycles. The molecule has 4 aliphatic heterocycles. The lowest BCUT2D eigenvalue weighted by Crippen LogP contribution is -2.66. The van der Waals surface area contributed by atoms with Crippen molar-refractivity contribution in [2.45, 2.75) is 97.7 Å². The van der Waals surface area contributed by atoms with E-state index in [0.29, 0.717) is 0 Å². The van der Waals surface area contributed by atoms with Crippen molar-refractivity contribution >= 4 is 0 Å². The summed E-state index contributed by atoms with van der Waals surface area (Å²) < 4.78 is 26.7. The summed E-state index contributed by atoms with van der Waals surface area (Å²) in [6.45, 7) is -1.53.